The molecule has 0 saturated carbocycles. The Labute approximate surface area is 124 Å². The molecule has 8 heteroatoms. The summed E-state index contributed by atoms with van der Waals surface area (Å²) in [4.78, 5) is 15.3. The van der Waals surface area contributed by atoms with E-state index in [1.165, 1.54) is 16.0 Å². The van der Waals surface area contributed by atoms with Crippen LogP contribution in [0.15, 0.2) is 24.5 Å². The lowest BCUT2D eigenvalue weighted by molar-refractivity contribution is 0.111. The van der Waals surface area contributed by atoms with Gasteiger partial charge >= 0.3 is 0 Å². The van der Waals surface area contributed by atoms with Gasteiger partial charge in [0.05, 0.1) is 0 Å². The van der Waals surface area contributed by atoms with Crippen LogP contribution < -0.4 is 0 Å². The number of pyridine rings is 1. The maximum absolute atomic E-state index is 11.2. The van der Waals surface area contributed by atoms with Crippen molar-refractivity contribution in [2.45, 2.75) is 19.8 Å². The van der Waals surface area contributed by atoms with Crippen LogP contribution >= 0.6 is 11.3 Å². The molecular weight excluding hydrogens is 288 g/mol. The average Bonchev–Trinajstić information content (AvgIpc) is 3.14. The van der Waals surface area contributed by atoms with E-state index in [1.807, 2.05) is 19.9 Å². The van der Waals surface area contributed by atoms with Crippen molar-refractivity contribution >= 4 is 17.6 Å². The van der Waals surface area contributed by atoms with E-state index in [-0.39, 0.29) is 11.6 Å². The van der Waals surface area contributed by atoms with Crippen LogP contribution in [0.5, 0.6) is 0 Å². The van der Waals surface area contributed by atoms with Gasteiger partial charge < -0.3 is 0 Å². The van der Waals surface area contributed by atoms with Crippen molar-refractivity contribution in [2.24, 2.45) is 0 Å². The Bertz CT molecular complexity index is 764. The fraction of sp³-hybridized carbons (Fsp3) is 0.231. The van der Waals surface area contributed by atoms with Crippen molar-refractivity contribution < 1.29 is 4.79 Å². The van der Waals surface area contributed by atoms with E-state index < -0.39 is 0 Å². The minimum atomic E-state index is 0.254. The minimum absolute atomic E-state index is 0.254. The molecule has 0 unspecified atom stereocenters. The van der Waals surface area contributed by atoms with Gasteiger partial charge in [-0.2, -0.15) is 4.68 Å². The normalized spacial score (nSPS) is 11.0. The summed E-state index contributed by atoms with van der Waals surface area (Å²) in [5.74, 6) is 0.284. The van der Waals surface area contributed by atoms with Crippen LogP contribution in [0.1, 0.15) is 35.3 Å². The van der Waals surface area contributed by atoms with E-state index in [2.05, 4.69) is 25.5 Å². The van der Waals surface area contributed by atoms with E-state index in [0.717, 1.165) is 10.6 Å². The molecule has 0 radical (unpaired) electrons. The number of aromatic nitrogens is 6. The Morgan fingerprint density at radius 1 is 1.29 bits per heavy atom. The van der Waals surface area contributed by atoms with Crippen LogP contribution in [0, 0.1) is 0 Å². The van der Waals surface area contributed by atoms with E-state index in [0.29, 0.717) is 17.1 Å². The van der Waals surface area contributed by atoms with Gasteiger partial charge in [-0.1, -0.05) is 30.4 Å². The highest BCUT2D eigenvalue weighted by atomic mass is 32.1. The van der Waals surface area contributed by atoms with Crippen LogP contribution in [0.4, 0.5) is 0 Å². The van der Waals surface area contributed by atoms with E-state index in [9.17, 15) is 4.79 Å². The predicted octanol–water partition coefficient (Wildman–Crippen LogP) is 2.12. The van der Waals surface area contributed by atoms with Crippen molar-refractivity contribution in [2.75, 3.05) is 0 Å². The van der Waals surface area contributed by atoms with Gasteiger partial charge in [-0.25, -0.2) is 0 Å². The molecule has 0 atom stereocenters. The lowest BCUT2D eigenvalue weighted by Gasteiger charge is -2.02. The zero-order valence-corrected chi connectivity index (χ0v) is 12.3. The van der Waals surface area contributed by atoms with Crippen molar-refractivity contribution in [1.29, 1.82) is 0 Å². The summed E-state index contributed by atoms with van der Waals surface area (Å²) in [5, 5.41) is 17.7. The Morgan fingerprint density at radius 3 is 2.76 bits per heavy atom. The number of nitrogens with zero attached hydrogens (tertiary/aromatic N) is 6. The Morgan fingerprint density at radius 2 is 2.14 bits per heavy atom. The van der Waals surface area contributed by atoms with Gasteiger partial charge in [-0.3, -0.25) is 9.78 Å². The summed E-state index contributed by atoms with van der Waals surface area (Å²) < 4.78 is 1.53. The summed E-state index contributed by atoms with van der Waals surface area (Å²) in [7, 11) is 0. The standard InChI is InChI=1S/C13H12N6OS/c1-8(2)12-16-17-13(21-12)19-11(10(7-20)15-18-19)9-4-3-5-14-6-9/h3-8H,1-2H3. The van der Waals surface area contributed by atoms with Gasteiger partial charge in [0.1, 0.15) is 10.7 Å². The molecule has 0 N–H and O–H groups in total. The second-order valence-corrected chi connectivity index (χ2v) is 5.66. The SMILES string of the molecule is CC(C)c1nnc(-n2nnc(C=O)c2-c2cccnc2)s1. The van der Waals surface area contributed by atoms with Crippen LogP contribution in [0.2, 0.25) is 0 Å². The minimum Gasteiger partial charge on any atom is -0.296 e. The number of rotatable bonds is 4. The number of carbonyl (C=O) groups excluding carboxylic acids is 1. The van der Waals surface area contributed by atoms with Crippen LogP contribution in [0.25, 0.3) is 16.4 Å². The predicted molar refractivity (Wildman–Crippen MR) is 77.5 cm³/mol. The molecule has 0 bridgehead atoms. The van der Waals surface area contributed by atoms with E-state index in [1.54, 1.807) is 18.5 Å². The molecule has 0 aliphatic rings. The van der Waals surface area contributed by atoms with Crippen LogP contribution in [0.3, 0.4) is 0 Å². The van der Waals surface area contributed by atoms with Gasteiger partial charge in [0.25, 0.3) is 0 Å². The van der Waals surface area contributed by atoms with Gasteiger partial charge in [0.15, 0.2) is 12.0 Å². The number of aldehydes is 1. The molecule has 0 fully saturated rings. The second kappa shape index (κ2) is 5.49. The molecule has 0 aromatic carbocycles. The molecule has 0 aliphatic carbocycles. The third-order valence-corrected chi connectivity index (χ3v) is 4.05. The highest BCUT2D eigenvalue weighted by molar-refractivity contribution is 7.13. The summed E-state index contributed by atoms with van der Waals surface area (Å²) in [6.45, 7) is 4.09. The number of carbonyl (C=O) groups is 1. The monoisotopic (exact) mass is 300 g/mol. The largest absolute Gasteiger partial charge is 0.296 e. The van der Waals surface area contributed by atoms with Gasteiger partial charge in [0.2, 0.25) is 5.13 Å². The lowest BCUT2D eigenvalue weighted by Crippen LogP contribution is -2.00. The summed E-state index contributed by atoms with van der Waals surface area (Å²) in [6, 6.07) is 3.64. The quantitative estimate of drug-likeness (QED) is 0.686. The highest BCUT2D eigenvalue weighted by Crippen LogP contribution is 2.27. The molecule has 3 aromatic heterocycles. The van der Waals surface area contributed by atoms with Crippen LogP contribution in [-0.4, -0.2) is 36.5 Å². The lowest BCUT2D eigenvalue weighted by atomic mass is 10.2. The third-order valence-electron chi connectivity index (χ3n) is 2.85. The summed E-state index contributed by atoms with van der Waals surface area (Å²) >= 11 is 1.43. The summed E-state index contributed by atoms with van der Waals surface area (Å²) in [5.41, 5.74) is 1.58. The van der Waals surface area contributed by atoms with Gasteiger partial charge in [-0.15, -0.1) is 15.3 Å². The molecule has 0 aliphatic heterocycles. The molecule has 21 heavy (non-hydrogen) atoms. The third kappa shape index (κ3) is 2.45. The fourth-order valence-corrected chi connectivity index (χ4v) is 2.63. The van der Waals surface area contributed by atoms with Crippen molar-refractivity contribution in [3.8, 4) is 16.4 Å². The summed E-state index contributed by atoms with van der Waals surface area (Å²) in [6.07, 6.45) is 4.00. The molecule has 3 rings (SSSR count). The molecule has 0 spiro atoms. The van der Waals surface area contributed by atoms with Crippen molar-refractivity contribution in [1.82, 2.24) is 30.2 Å². The van der Waals surface area contributed by atoms with E-state index >= 15 is 0 Å². The first kappa shape index (κ1) is 13.5. The average molecular weight is 300 g/mol. The van der Waals surface area contributed by atoms with Gasteiger partial charge in [0, 0.05) is 23.9 Å². The second-order valence-electron chi connectivity index (χ2n) is 4.67. The molecule has 3 heterocycles. The molecule has 7 nitrogen and oxygen atoms in total. The first-order valence-corrected chi connectivity index (χ1v) is 7.17. The smallest absolute Gasteiger partial charge is 0.234 e. The molecule has 106 valence electrons. The Hall–Kier alpha value is -2.48. The first-order chi connectivity index (χ1) is 10.2. The molecule has 3 aromatic rings. The number of hydrogen-bond donors (Lipinski definition) is 0. The maximum atomic E-state index is 11.2. The molecular formula is C13H12N6OS. The van der Waals surface area contributed by atoms with Gasteiger partial charge in [-0.05, 0) is 12.1 Å². The highest BCUT2D eigenvalue weighted by Gasteiger charge is 2.19. The van der Waals surface area contributed by atoms with Crippen molar-refractivity contribution in [3.63, 3.8) is 0 Å². The molecule has 0 saturated heterocycles. The zero-order chi connectivity index (χ0) is 14.8. The zero-order valence-electron chi connectivity index (χ0n) is 11.5. The van der Waals surface area contributed by atoms with Crippen molar-refractivity contribution in [3.05, 3.63) is 35.2 Å². The maximum Gasteiger partial charge on any atom is 0.234 e. The Balaban J connectivity index is 2.15. The van der Waals surface area contributed by atoms with Crippen LogP contribution in [-0.2, 0) is 0 Å². The Kier molecular flexibility index (Phi) is 3.53. The fourth-order valence-electron chi connectivity index (χ4n) is 1.83. The topological polar surface area (TPSA) is 86.5 Å². The first-order valence-electron chi connectivity index (χ1n) is 6.35. The van der Waals surface area contributed by atoms with E-state index in [4.69, 9.17) is 0 Å². The number of hydrogen-bond acceptors (Lipinski definition) is 7. The molecule has 0 amide bonds.